The van der Waals surface area contributed by atoms with Crippen molar-refractivity contribution in [2.75, 3.05) is 6.54 Å². The number of hydrogen-bond acceptors (Lipinski definition) is 3. The normalized spacial score (nSPS) is 9.80. The molecular formula is C5H11N3O2. The lowest BCUT2D eigenvalue weighted by Gasteiger charge is -2.08. The highest BCUT2D eigenvalue weighted by atomic mass is 16.2. The lowest BCUT2D eigenvalue weighted by Crippen LogP contribution is -2.50. The first-order valence-corrected chi connectivity index (χ1v) is 2.91. The van der Waals surface area contributed by atoms with Crippen LogP contribution in [-0.4, -0.2) is 24.4 Å². The topological polar surface area (TPSA) is 98.2 Å². The fourth-order valence-electron chi connectivity index (χ4n) is 0.546. The van der Waals surface area contributed by atoms with E-state index in [0.717, 1.165) is 0 Å². The molecule has 0 aromatic rings. The van der Waals surface area contributed by atoms with E-state index < -0.39 is 17.9 Å². The van der Waals surface area contributed by atoms with Gasteiger partial charge in [0, 0.05) is 0 Å². The molecule has 58 valence electrons. The van der Waals surface area contributed by atoms with Crippen molar-refractivity contribution in [3.8, 4) is 0 Å². The largest absolute Gasteiger partial charge is 0.368 e. The molecule has 0 atom stereocenters. The lowest BCUT2D eigenvalue weighted by molar-refractivity contribution is -0.128. The third-order valence-electron chi connectivity index (χ3n) is 0.977. The zero-order valence-electron chi connectivity index (χ0n) is 5.76. The molecule has 2 amide bonds. The highest BCUT2D eigenvalue weighted by molar-refractivity contribution is 6.02. The second-order valence-electron chi connectivity index (χ2n) is 1.80. The Labute approximate surface area is 58.8 Å². The van der Waals surface area contributed by atoms with Gasteiger partial charge in [0.2, 0.25) is 11.8 Å². The predicted octanol–water partition coefficient (Wildman–Crippen LogP) is -2.06. The summed E-state index contributed by atoms with van der Waals surface area (Å²) in [6.07, 6.45) is 0. The summed E-state index contributed by atoms with van der Waals surface area (Å²) in [6.45, 7) is 2.23. The smallest absolute Gasteiger partial charge is 0.244 e. The van der Waals surface area contributed by atoms with Gasteiger partial charge >= 0.3 is 0 Å². The molecule has 0 aromatic heterocycles. The Morgan fingerprint density at radius 2 is 1.80 bits per heavy atom. The molecule has 0 aromatic carbocycles. The van der Waals surface area contributed by atoms with Crippen LogP contribution < -0.4 is 16.8 Å². The Balaban J connectivity index is 3.98. The van der Waals surface area contributed by atoms with E-state index in [1.165, 1.54) is 0 Å². The molecule has 0 unspecified atom stereocenters. The molecule has 5 nitrogen and oxygen atoms in total. The number of nitrogens with one attached hydrogen (secondary N) is 1. The van der Waals surface area contributed by atoms with Gasteiger partial charge in [-0.3, -0.25) is 14.9 Å². The summed E-state index contributed by atoms with van der Waals surface area (Å²) in [6, 6.07) is -1.04. The Bertz CT molecular complexity index is 132. The molecule has 0 fully saturated rings. The SMILES string of the molecule is CCNC(C(N)=O)C(N)=O. The van der Waals surface area contributed by atoms with Gasteiger partial charge in [0.1, 0.15) is 0 Å². The van der Waals surface area contributed by atoms with Crippen LogP contribution in [0.4, 0.5) is 0 Å². The second kappa shape index (κ2) is 3.84. The Morgan fingerprint density at radius 3 is 1.90 bits per heavy atom. The zero-order chi connectivity index (χ0) is 8.15. The van der Waals surface area contributed by atoms with Gasteiger partial charge in [0.05, 0.1) is 0 Å². The van der Waals surface area contributed by atoms with Gasteiger partial charge < -0.3 is 11.5 Å². The first-order chi connectivity index (χ1) is 4.59. The van der Waals surface area contributed by atoms with Gasteiger partial charge in [-0.1, -0.05) is 6.92 Å². The molecule has 5 heteroatoms. The van der Waals surface area contributed by atoms with Crippen LogP contribution in [0.25, 0.3) is 0 Å². The average molecular weight is 145 g/mol. The molecule has 0 heterocycles. The van der Waals surface area contributed by atoms with Gasteiger partial charge in [0.15, 0.2) is 6.04 Å². The first-order valence-electron chi connectivity index (χ1n) is 2.91. The standard InChI is InChI=1S/C5H11N3O2/c1-2-8-3(4(6)9)5(7)10/h3,8H,2H2,1H3,(H2,6,9)(H2,7,10). The number of carbonyl (C=O) groups is 2. The van der Waals surface area contributed by atoms with Crippen LogP contribution in [0, 0.1) is 0 Å². The van der Waals surface area contributed by atoms with Crippen molar-refractivity contribution in [2.45, 2.75) is 13.0 Å². The van der Waals surface area contributed by atoms with Crippen molar-refractivity contribution < 1.29 is 9.59 Å². The van der Waals surface area contributed by atoms with E-state index in [4.69, 9.17) is 11.5 Å². The van der Waals surface area contributed by atoms with Gasteiger partial charge in [0.25, 0.3) is 0 Å². The molecule has 0 radical (unpaired) electrons. The van der Waals surface area contributed by atoms with Gasteiger partial charge in [-0.2, -0.15) is 0 Å². The highest BCUT2D eigenvalue weighted by Crippen LogP contribution is 1.77. The summed E-state index contributed by atoms with van der Waals surface area (Å²) in [7, 11) is 0. The molecular weight excluding hydrogens is 134 g/mol. The highest BCUT2D eigenvalue weighted by Gasteiger charge is 2.19. The fraction of sp³-hybridized carbons (Fsp3) is 0.600. The summed E-state index contributed by atoms with van der Waals surface area (Å²) < 4.78 is 0. The third-order valence-corrected chi connectivity index (χ3v) is 0.977. The number of carbonyl (C=O) groups excluding carboxylic acids is 2. The van der Waals surface area contributed by atoms with Crippen molar-refractivity contribution in [2.24, 2.45) is 11.5 Å². The summed E-state index contributed by atoms with van der Waals surface area (Å²) in [4.78, 5) is 20.8. The van der Waals surface area contributed by atoms with Gasteiger partial charge in [-0.05, 0) is 6.54 Å². The van der Waals surface area contributed by atoms with Crippen molar-refractivity contribution >= 4 is 11.8 Å². The minimum absolute atomic E-state index is 0.483. The summed E-state index contributed by atoms with van der Waals surface area (Å²) >= 11 is 0. The lowest BCUT2D eigenvalue weighted by atomic mass is 10.3. The Morgan fingerprint density at radius 1 is 1.40 bits per heavy atom. The van der Waals surface area contributed by atoms with Gasteiger partial charge in [-0.15, -0.1) is 0 Å². The molecule has 0 spiro atoms. The molecule has 0 rings (SSSR count). The van der Waals surface area contributed by atoms with Crippen LogP contribution in [0.5, 0.6) is 0 Å². The van der Waals surface area contributed by atoms with Crippen LogP contribution in [0.1, 0.15) is 6.92 Å². The molecule has 5 N–H and O–H groups in total. The van der Waals surface area contributed by atoms with E-state index in [2.05, 4.69) is 5.32 Å². The predicted molar refractivity (Wildman–Crippen MR) is 35.9 cm³/mol. The number of hydrogen-bond donors (Lipinski definition) is 3. The average Bonchev–Trinajstić information content (AvgIpc) is 1.81. The second-order valence-corrected chi connectivity index (χ2v) is 1.80. The van der Waals surface area contributed by atoms with E-state index in [0.29, 0.717) is 6.54 Å². The maximum Gasteiger partial charge on any atom is 0.244 e. The quantitative estimate of drug-likeness (QED) is 0.396. The van der Waals surface area contributed by atoms with E-state index >= 15 is 0 Å². The van der Waals surface area contributed by atoms with Crippen LogP contribution in [0.2, 0.25) is 0 Å². The first kappa shape index (κ1) is 8.90. The summed E-state index contributed by atoms with van der Waals surface area (Å²) in [5.74, 6) is -1.48. The maximum absolute atomic E-state index is 10.4. The number of amides is 2. The summed E-state index contributed by atoms with van der Waals surface area (Å²) in [5, 5.41) is 2.53. The van der Waals surface area contributed by atoms with Crippen molar-refractivity contribution in [3.63, 3.8) is 0 Å². The monoisotopic (exact) mass is 145 g/mol. The van der Waals surface area contributed by atoms with Crippen LogP contribution >= 0.6 is 0 Å². The van der Waals surface area contributed by atoms with Crippen LogP contribution in [-0.2, 0) is 9.59 Å². The fourth-order valence-corrected chi connectivity index (χ4v) is 0.546. The van der Waals surface area contributed by atoms with Gasteiger partial charge in [-0.25, -0.2) is 0 Å². The van der Waals surface area contributed by atoms with Crippen molar-refractivity contribution in [1.29, 1.82) is 0 Å². The molecule has 0 aliphatic rings. The van der Waals surface area contributed by atoms with E-state index in [9.17, 15) is 9.59 Å². The Hall–Kier alpha value is -1.10. The van der Waals surface area contributed by atoms with Crippen LogP contribution in [0.3, 0.4) is 0 Å². The Kier molecular flexibility index (Phi) is 3.42. The van der Waals surface area contributed by atoms with E-state index in [1.54, 1.807) is 6.92 Å². The molecule has 0 saturated heterocycles. The molecule has 0 aliphatic carbocycles. The van der Waals surface area contributed by atoms with Crippen molar-refractivity contribution in [3.05, 3.63) is 0 Å². The minimum Gasteiger partial charge on any atom is -0.368 e. The molecule has 0 bridgehead atoms. The number of likely N-dealkylation sites (N-methyl/N-ethyl adjacent to an activating group) is 1. The molecule has 0 saturated carbocycles. The number of rotatable bonds is 4. The molecule has 10 heavy (non-hydrogen) atoms. The maximum atomic E-state index is 10.4. The zero-order valence-corrected chi connectivity index (χ0v) is 5.76. The van der Waals surface area contributed by atoms with Crippen LogP contribution in [0.15, 0.2) is 0 Å². The summed E-state index contributed by atoms with van der Waals surface area (Å²) in [5.41, 5.74) is 9.64. The third kappa shape index (κ3) is 2.45. The van der Waals surface area contributed by atoms with E-state index in [-0.39, 0.29) is 0 Å². The minimum atomic E-state index is -1.04. The number of primary amides is 2. The van der Waals surface area contributed by atoms with E-state index in [1.807, 2.05) is 0 Å². The van der Waals surface area contributed by atoms with Crippen molar-refractivity contribution in [1.82, 2.24) is 5.32 Å². The molecule has 0 aliphatic heterocycles. The number of nitrogens with two attached hydrogens (primary N) is 2.